The Labute approximate surface area is 128 Å². The van der Waals surface area contributed by atoms with Gasteiger partial charge in [0.1, 0.15) is 0 Å². The van der Waals surface area contributed by atoms with Gasteiger partial charge in [-0.1, -0.05) is 5.16 Å². The van der Waals surface area contributed by atoms with Crippen LogP contribution >= 0.6 is 0 Å². The third kappa shape index (κ3) is 2.87. The number of amides is 1. The first-order chi connectivity index (χ1) is 10.7. The molecule has 0 aromatic carbocycles. The van der Waals surface area contributed by atoms with Crippen LogP contribution in [0, 0.1) is 0 Å². The van der Waals surface area contributed by atoms with Gasteiger partial charge in [0, 0.05) is 25.7 Å². The van der Waals surface area contributed by atoms with Gasteiger partial charge in [0.15, 0.2) is 5.82 Å². The highest BCUT2D eigenvalue weighted by Crippen LogP contribution is 2.38. The minimum atomic E-state index is -0.309. The fourth-order valence-corrected chi connectivity index (χ4v) is 3.27. The summed E-state index contributed by atoms with van der Waals surface area (Å²) in [7, 11) is 0. The lowest BCUT2D eigenvalue weighted by Gasteiger charge is -2.33. The maximum Gasteiger partial charge on any atom is 0.315 e. The van der Waals surface area contributed by atoms with Crippen molar-refractivity contribution >= 4 is 5.91 Å². The van der Waals surface area contributed by atoms with Gasteiger partial charge < -0.3 is 19.3 Å². The molecular weight excluding hydrogens is 286 g/mol. The number of aromatic nitrogens is 2. The molecule has 1 atom stereocenters. The molecule has 7 nitrogen and oxygen atoms in total. The molecule has 1 aliphatic carbocycles. The van der Waals surface area contributed by atoms with E-state index in [-0.39, 0.29) is 23.5 Å². The van der Waals surface area contributed by atoms with E-state index in [0.29, 0.717) is 18.3 Å². The largest absolute Gasteiger partial charge is 0.381 e. The zero-order valence-corrected chi connectivity index (χ0v) is 12.5. The third-order valence-corrected chi connectivity index (χ3v) is 4.81. The summed E-state index contributed by atoms with van der Waals surface area (Å²) in [5.41, 5.74) is -0.0305. The van der Waals surface area contributed by atoms with E-state index >= 15 is 0 Å². The van der Waals surface area contributed by atoms with Gasteiger partial charge in [-0.2, -0.15) is 4.98 Å². The first-order valence-corrected chi connectivity index (χ1v) is 8.11. The first kappa shape index (κ1) is 14.1. The van der Waals surface area contributed by atoms with E-state index in [0.717, 1.165) is 51.7 Å². The summed E-state index contributed by atoms with van der Waals surface area (Å²) in [6, 6.07) is 0. The van der Waals surface area contributed by atoms with E-state index in [4.69, 9.17) is 14.0 Å². The smallest absolute Gasteiger partial charge is 0.315 e. The molecule has 1 unspecified atom stereocenters. The molecule has 1 N–H and O–H groups in total. The Morgan fingerprint density at radius 3 is 2.82 bits per heavy atom. The van der Waals surface area contributed by atoms with Crippen molar-refractivity contribution < 1.29 is 18.8 Å². The summed E-state index contributed by atoms with van der Waals surface area (Å²) >= 11 is 0. The molecule has 1 saturated carbocycles. The van der Waals surface area contributed by atoms with Gasteiger partial charge in [-0.3, -0.25) is 4.79 Å². The average Bonchev–Trinajstić information content (AvgIpc) is 3.14. The highest BCUT2D eigenvalue weighted by atomic mass is 16.5. The summed E-state index contributed by atoms with van der Waals surface area (Å²) in [6.45, 7) is 2.03. The van der Waals surface area contributed by atoms with Crippen LogP contribution in [0.4, 0.5) is 0 Å². The lowest BCUT2D eigenvalue weighted by Crippen LogP contribution is -2.39. The third-order valence-electron chi connectivity index (χ3n) is 4.81. The Kier molecular flexibility index (Phi) is 3.62. The van der Waals surface area contributed by atoms with Crippen LogP contribution in [0.25, 0.3) is 0 Å². The van der Waals surface area contributed by atoms with Crippen LogP contribution in [0.1, 0.15) is 61.0 Å². The van der Waals surface area contributed by atoms with Crippen molar-refractivity contribution in [2.45, 2.75) is 56.1 Å². The molecule has 3 heterocycles. The van der Waals surface area contributed by atoms with Crippen molar-refractivity contribution in [1.82, 2.24) is 15.5 Å². The number of ether oxygens (including phenoxy) is 2. The lowest BCUT2D eigenvalue weighted by molar-refractivity contribution is -0.102. The highest BCUT2D eigenvalue weighted by molar-refractivity contribution is 5.89. The molecule has 2 aliphatic heterocycles. The molecule has 1 spiro atoms. The van der Waals surface area contributed by atoms with Crippen molar-refractivity contribution in [2.75, 3.05) is 19.8 Å². The van der Waals surface area contributed by atoms with Crippen molar-refractivity contribution in [3.05, 3.63) is 11.7 Å². The number of nitrogens with zero attached hydrogens (tertiary/aromatic N) is 2. The number of carbonyl (C=O) groups is 1. The van der Waals surface area contributed by atoms with E-state index in [1.165, 1.54) is 0 Å². The van der Waals surface area contributed by atoms with Crippen molar-refractivity contribution in [1.29, 1.82) is 0 Å². The number of carbonyl (C=O) groups excluding carboxylic acids is 1. The summed E-state index contributed by atoms with van der Waals surface area (Å²) < 4.78 is 16.6. The summed E-state index contributed by atoms with van der Waals surface area (Å²) in [5, 5.41) is 6.70. The van der Waals surface area contributed by atoms with Crippen LogP contribution in [0.3, 0.4) is 0 Å². The minimum absolute atomic E-state index is 0.0305. The Balaban J connectivity index is 1.28. The SMILES string of the molecule is O=C(NCC1CCC2(CCOCC2)O1)c1nc(C2CC2)no1. The monoisotopic (exact) mass is 307 g/mol. The molecule has 2 saturated heterocycles. The van der Waals surface area contributed by atoms with E-state index < -0.39 is 0 Å². The maximum atomic E-state index is 12.0. The normalized spacial score (nSPS) is 27.2. The Morgan fingerprint density at radius 2 is 2.05 bits per heavy atom. The minimum Gasteiger partial charge on any atom is -0.381 e. The van der Waals surface area contributed by atoms with Crippen molar-refractivity contribution in [3.63, 3.8) is 0 Å². The Hall–Kier alpha value is -1.47. The summed E-state index contributed by atoms with van der Waals surface area (Å²) in [5.74, 6) is 0.789. The van der Waals surface area contributed by atoms with Gasteiger partial charge >= 0.3 is 11.8 Å². The lowest BCUT2D eigenvalue weighted by atomic mass is 9.91. The predicted molar refractivity (Wildman–Crippen MR) is 75.5 cm³/mol. The molecule has 1 amide bonds. The zero-order valence-electron chi connectivity index (χ0n) is 12.5. The van der Waals surface area contributed by atoms with Gasteiger partial charge in [-0.25, -0.2) is 0 Å². The molecule has 120 valence electrons. The zero-order chi connectivity index (χ0) is 15.0. The van der Waals surface area contributed by atoms with Gasteiger partial charge in [-0.05, 0) is 38.5 Å². The fourth-order valence-electron chi connectivity index (χ4n) is 3.27. The van der Waals surface area contributed by atoms with Crippen LogP contribution in [0.5, 0.6) is 0 Å². The first-order valence-electron chi connectivity index (χ1n) is 8.11. The van der Waals surface area contributed by atoms with E-state index in [1.807, 2.05) is 0 Å². The second-order valence-corrected chi connectivity index (χ2v) is 6.52. The van der Waals surface area contributed by atoms with E-state index in [2.05, 4.69) is 15.5 Å². The highest BCUT2D eigenvalue weighted by Gasteiger charge is 2.41. The van der Waals surface area contributed by atoms with Crippen LogP contribution < -0.4 is 5.32 Å². The molecule has 0 radical (unpaired) electrons. The van der Waals surface area contributed by atoms with Gasteiger partial charge in [-0.15, -0.1) is 0 Å². The molecule has 1 aromatic rings. The van der Waals surface area contributed by atoms with Crippen LogP contribution in [-0.2, 0) is 9.47 Å². The number of rotatable bonds is 4. The molecule has 7 heteroatoms. The molecule has 22 heavy (non-hydrogen) atoms. The molecule has 3 fully saturated rings. The maximum absolute atomic E-state index is 12.0. The number of nitrogens with one attached hydrogen (secondary N) is 1. The molecule has 4 rings (SSSR count). The molecule has 0 bridgehead atoms. The summed E-state index contributed by atoms with van der Waals surface area (Å²) in [6.07, 6.45) is 6.15. The van der Waals surface area contributed by atoms with Crippen molar-refractivity contribution in [2.24, 2.45) is 0 Å². The second-order valence-electron chi connectivity index (χ2n) is 6.52. The molecule has 3 aliphatic rings. The summed E-state index contributed by atoms with van der Waals surface area (Å²) in [4.78, 5) is 16.2. The Morgan fingerprint density at radius 1 is 1.23 bits per heavy atom. The standard InChI is InChI=1S/C15H21N3O4/c19-13(14-17-12(18-22-14)10-1-2-10)16-9-11-3-4-15(21-11)5-7-20-8-6-15/h10-11H,1-9H2,(H,16,19). The average molecular weight is 307 g/mol. The van der Waals surface area contributed by atoms with Crippen LogP contribution in [-0.4, -0.2) is 47.5 Å². The topological polar surface area (TPSA) is 86.5 Å². The number of hydrogen-bond acceptors (Lipinski definition) is 6. The van der Waals surface area contributed by atoms with Gasteiger partial charge in [0.2, 0.25) is 0 Å². The van der Waals surface area contributed by atoms with Gasteiger partial charge in [0.05, 0.1) is 11.7 Å². The predicted octanol–water partition coefficient (Wildman–Crippen LogP) is 1.40. The van der Waals surface area contributed by atoms with E-state index in [9.17, 15) is 4.79 Å². The van der Waals surface area contributed by atoms with Crippen molar-refractivity contribution in [3.8, 4) is 0 Å². The quantitative estimate of drug-likeness (QED) is 0.905. The fraction of sp³-hybridized carbons (Fsp3) is 0.800. The van der Waals surface area contributed by atoms with Gasteiger partial charge in [0.25, 0.3) is 0 Å². The number of hydrogen-bond donors (Lipinski definition) is 1. The van der Waals surface area contributed by atoms with Crippen LogP contribution in [0.15, 0.2) is 4.52 Å². The molecular formula is C15H21N3O4. The Bertz CT molecular complexity index is 549. The molecule has 1 aromatic heterocycles. The van der Waals surface area contributed by atoms with Crippen LogP contribution in [0.2, 0.25) is 0 Å². The second kappa shape index (κ2) is 5.62. The van der Waals surface area contributed by atoms with E-state index in [1.54, 1.807) is 0 Å².